The summed E-state index contributed by atoms with van der Waals surface area (Å²) in [6.45, 7) is 4.16. The minimum atomic E-state index is -1.13. The molecule has 1 amide bonds. The lowest BCUT2D eigenvalue weighted by Crippen LogP contribution is -2.63. The van der Waals surface area contributed by atoms with Crippen LogP contribution in [0.5, 0.6) is 5.75 Å². The quantitative estimate of drug-likeness (QED) is 0.424. The molecule has 1 aromatic heterocycles. The molecule has 3 aromatic rings. The summed E-state index contributed by atoms with van der Waals surface area (Å²) in [4.78, 5) is 30.2. The van der Waals surface area contributed by atoms with Crippen LogP contribution < -0.4 is 10.1 Å². The number of carboxylic acid groups (broad SMARTS) is 1. The van der Waals surface area contributed by atoms with Crippen LogP contribution in [0.1, 0.15) is 18.9 Å². The first kappa shape index (κ1) is 22.4. The zero-order valence-electron chi connectivity index (χ0n) is 18.8. The van der Waals surface area contributed by atoms with Gasteiger partial charge in [0.05, 0.1) is 18.1 Å². The smallest absolute Gasteiger partial charge is 0.352 e. The minimum absolute atomic E-state index is 0.0274. The van der Waals surface area contributed by atoms with Crippen LogP contribution in [-0.2, 0) is 16.2 Å². The number of ether oxygens (including phenoxy) is 1. The first-order valence-electron chi connectivity index (χ1n) is 11.1. The van der Waals surface area contributed by atoms with Crippen molar-refractivity contribution in [2.75, 3.05) is 11.9 Å². The number of amides is 1. The predicted octanol–water partition coefficient (Wildman–Crippen LogP) is 3.48. The Morgan fingerprint density at radius 1 is 1.26 bits per heavy atom. The lowest BCUT2D eigenvalue weighted by molar-refractivity contribution is -0.163. The fraction of sp³-hybridized carbons (Fsp3) is 0.320. The first-order chi connectivity index (χ1) is 16.4. The summed E-state index contributed by atoms with van der Waals surface area (Å²) < 4.78 is 6.01. The van der Waals surface area contributed by atoms with Crippen molar-refractivity contribution in [3.05, 3.63) is 64.3 Å². The van der Waals surface area contributed by atoms with E-state index in [1.54, 1.807) is 13.1 Å². The number of aliphatic hydroxyl groups is 1. The molecule has 2 aliphatic heterocycles. The van der Waals surface area contributed by atoms with Gasteiger partial charge in [0, 0.05) is 40.5 Å². The molecule has 8 nitrogen and oxygen atoms in total. The molecule has 176 valence electrons. The van der Waals surface area contributed by atoms with Crippen molar-refractivity contribution in [1.82, 2.24) is 9.88 Å². The number of carbonyl (C=O) groups excluding carboxylic acids is 1. The molecule has 0 spiro atoms. The van der Waals surface area contributed by atoms with E-state index in [-0.39, 0.29) is 30.1 Å². The average Bonchev–Trinajstić information content (AvgIpc) is 3.41. The van der Waals surface area contributed by atoms with Gasteiger partial charge in [0.1, 0.15) is 23.1 Å². The Labute approximate surface area is 200 Å². The normalized spacial score (nSPS) is 22.5. The number of anilines is 1. The second-order valence-corrected chi connectivity index (χ2v) is 9.64. The summed E-state index contributed by atoms with van der Waals surface area (Å²) in [5.41, 5.74) is 1.52. The van der Waals surface area contributed by atoms with Crippen molar-refractivity contribution in [3.8, 4) is 5.75 Å². The number of hydrogen-bond donors (Lipinski definition) is 3. The molecule has 0 aliphatic carbocycles. The molecule has 1 fully saturated rings. The van der Waals surface area contributed by atoms with E-state index in [0.717, 1.165) is 27.2 Å². The van der Waals surface area contributed by atoms with E-state index in [0.29, 0.717) is 12.2 Å². The molecule has 34 heavy (non-hydrogen) atoms. The molecular weight excluding hydrogens is 454 g/mol. The molecular formula is C25H25N3O5S. The summed E-state index contributed by atoms with van der Waals surface area (Å²) in [5.74, 6) is -1.46. The topological polar surface area (TPSA) is 112 Å². The van der Waals surface area contributed by atoms with Gasteiger partial charge in [-0.3, -0.25) is 4.79 Å². The highest BCUT2D eigenvalue weighted by atomic mass is 32.1. The van der Waals surface area contributed by atoms with Gasteiger partial charge in [-0.05, 0) is 24.6 Å². The van der Waals surface area contributed by atoms with Crippen LogP contribution in [-0.4, -0.2) is 50.7 Å². The number of nitrogens with one attached hydrogen (secondary N) is 1. The number of rotatable bonds is 8. The number of carboxylic acids is 1. The Bertz CT molecular complexity index is 1290. The zero-order chi connectivity index (χ0) is 24.0. The van der Waals surface area contributed by atoms with E-state index in [1.165, 1.54) is 16.2 Å². The van der Waals surface area contributed by atoms with E-state index in [4.69, 9.17) is 4.74 Å². The number of thiazole rings is 1. The lowest BCUT2D eigenvalue weighted by atomic mass is 9.78. The fourth-order valence-corrected chi connectivity index (χ4v) is 5.62. The molecule has 4 atom stereocenters. The van der Waals surface area contributed by atoms with Gasteiger partial charge in [-0.15, -0.1) is 11.3 Å². The van der Waals surface area contributed by atoms with E-state index in [2.05, 4.69) is 10.3 Å². The summed E-state index contributed by atoms with van der Waals surface area (Å²) >= 11 is 1.54. The van der Waals surface area contributed by atoms with Crippen molar-refractivity contribution in [1.29, 1.82) is 0 Å². The Balaban J connectivity index is 1.40. The highest BCUT2D eigenvalue weighted by Crippen LogP contribution is 2.47. The number of aromatic nitrogens is 1. The van der Waals surface area contributed by atoms with Crippen LogP contribution >= 0.6 is 11.3 Å². The van der Waals surface area contributed by atoms with Crippen LogP contribution in [0.3, 0.4) is 0 Å². The molecule has 2 unspecified atom stereocenters. The highest BCUT2D eigenvalue weighted by Gasteiger charge is 2.59. The zero-order valence-corrected chi connectivity index (χ0v) is 19.6. The molecule has 5 rings (SSSR count). The van der Waals surface area contributed by atoms with Crippen LogP contribution in [0.2, 0.25) is 0 Å². The second kappa shape index (κ2) is 8.73. The van der Waals surface area contributed by atoms with Crippen LogP contribution in [0.25, 0.3) is 10.8 Å². The molecule has 2 aliphatic rings. The van der Waals surface area contributed by atoms with Crippen molar-refractivity contribution in [2.24, 2.45) is 11.8 Å². The van der Waals surface area contributed by atoms with Gasteiger partial charge in [-0.2, -0.15) is 0 Å². The number of carbonyl (C=O) groups is 2. The number of aliphatic carboxylic acids is 1. The fourth-order valence-electron chi connectivity index (χ4n) is 5.09. The number of β-lactam (4-membered cyclic amide) rings is 1. The summed E-state index contributed by atoms with van der Waals surface area (Å²) in [5, 5.41) is 27.9. The Morgan fingerprint density at radius 2 is 2.03 bits per heavy atom. The maximum Gasteiger partial charge on any atom is 0.352 e. The number of nitrogens with zero attached hydrogens (tertiary/aromatic N) is 2. The third-order valence-corrected chi connectivity index (χ3v) is 7.46. The number of hydrogen-bond acceptors (Lipinski definition) is 7. The maximum atomic E-state index is 12.6. The molecule has 3 heterocycles. The van der Waals surface area contributed by atoms with Gasteiger partial charge in [-0.1, -0.05) is 31.2 Å². The molecule has 1 saturated heterocycles. The van der Waals surface area contributed by atoms with E-state index in [1.807, 2.05) is 48.7 Å². The Kier molecular flexibility index (Phi) is 5.75. The van der Waals surface area contributed by atoms with Gasteiger partial charge in [0.15, 0.2) is 0 Å². The maximum absolute atomic E-state index is 12.6. The van der Waals surface area contributed by atoms with Gasteiger partial charge in [0.25, 0.3) is 0 Å². The van der Waals surface area contributed by atoms with Gasteiger partial charge in [0.2, 0.25) is 5.91 Å². The molecule has 0 bridgehead atoms. The number of fused-ring (bicyclic) bond motifs is 2. The molecule has 3 N–H and O–H groups in total. The summed E-state index contributed by atoms with van der Waals surface area (Å²) in [6.07, 6.45) is 0.928. The van der Waals surface area contributed by atoms with Gasteiger partial charge < -0.3 is 25.2 Å². The minimum Gasteiger partial charge on any atom is -0.486 e. The summed E-state index contributed by atoms with van der Waals surface area (Å²) in [6, 6.07) is 11.3. The second-order valence-electron chi connectivity index (χ2n) is 8.66. The van der Waals surface area contributed by atoms with E-state index < -0.39 is 18.0 Å². The largest absolute Gasteiger partial charge is 0.486 e. The Morgan fingerprint density at radius 3 is 2.74 bits per heavy atom. The third kappa shape index (κ3) is 3.61. The SMILES string of the molecule is C[C@@H](O)C1C(=O)N2C(C(=O)O)=C(CNc3cccc4c(OCc5nccs5)cccc34)[C@H](C)C12. The number of benzene rings is 2. The molecule has 0 radical (unpaired) electrons. The monoisotopic (exact) mass is 479 g/mol. The average molecular weight is 480 g/mol. The molecule has 2 aromatic carbocycles. The van der Waals surface area contributed by atoms with Crippen LogP contribution in [0, 0.1) is 11.8 Å². The van der Waals surface area contributed by atoms with Gasteiger partial charge in [-0.25, -0.2) is 9.78 Å². The lowest BCUT2D eigenvalue weighted by Gasteiger charge is -2.46. The summed E-state index contributed by atoms with van der Waals surface area (Å²) in [7, 11) is 0. The van der Waals surface area contributed by atoms with Crippen molar-refractivity contribution in [2.45, 2.75) is 32.6 Å². The van der Waals surface area contributed by atoms with Crippen molar-refractivity contribution in [3.63, 3.8) is 0 Å². The van der Waals surface area contributed by atoms with Crippen molar-refractivity contribution < 1.29 is 24.5 Å². The molecule has 0 saturated carbocycles. The van der Waals surface area contributed by atoms with Crippen molar-refractivity contribution >= 4 is 39.7 Å². The number of aliphatic hydroxyl groups excluding tert-OH is 1. The Hall–Kier alpha value is -3.43. The third-order valence-electron chi connectivity index (χ3n) is 6.70. The van der Waals surface area contributed by atoms with E-state index >= 15 is 0 Å². The van der Waals surface area contributed by atoms with Crippen LogP contribution in [0.4, 0.5) is 5.69 Å². The van der Waals surface area contributed by atoms with E-state index in [9.17, 15) is 19.8 Å². The van der Waals surface area contributed by atoms with Gasteiger partial charge >= 0.3 is 5.97 Å². The highest BCUT2D eigenvalue weighted by molar-refractivity contribution is 7.09. The van der Waals surface area contributed by atoms with Crippen LogP contribution in [0.15, 0.2) is 59.2 Å². The first-order valence-corrected chi connectivity index (χ1v) is 12.0. The molecule has 9 heteroatoms. The predicted molar refractivity (Wildman–Crippen MR) is 129 cm³/mol. The standard InChI is InChI=1S/C25H25N3O5S/c1-13-17(23(25(31)32)28-22(13)21(14(2)29)24(28)30)11-27-18-7-3-6-16-15(18)5-4-8-19(16)33-12-20-26-9-10-34-20/h3-10,13-14,21-22,27,29H,11-12H2,1-2H3,(H,31,32)/t13-,14+,21?,22?/m0/s1.